The fraction of sp³-hybridized carbons (Fsp3) is 0.500. The van der Waals surface area contributed by atoms with Gasteiger partial charge in [0.1, 0.15) is 0 Å². The Labute approximate surface area is 99.8 Å². The quantitative estimate of drug-likeness (QED) is 0.877. The maximum Gasteiger partial charge on any atom is 0.231 e. The lowest BCUT2D eigenvalue weighted by molar-refractivity contribution is 0.174. The highest BCUT2D eigenvalue weighted by molar-refractivity contribution is 7.99. The number of aliphatic hydroxyl groups is 1. The van der Waals surface area contributed by atoms with Crippen molar-refractivity contribution >= 4 is 11.8 Å². The maximum atomic E-state index is 9.39. The Morgan fingerprint density at radius 1 is 1.31 bits per heavy atom. The van der Waals surface area contributed by atoms with Gasteiger partial charge < -0.3 is 14.6 Å². The van der Waals surface area contributed by atoms with Crippen molar-refractivity contribution in [1.82, 2.24) is 0 Å². The van der Waals surface area contributed by atoms with Gasteiger partial charge in [0, 0.05) is 11.0 Å². The van der Waals surface area contributed by atoms with Gasteiger partial charge in [-0.05, 0) is 24.6 Å². The van der Waals surface area contributed by atoms with Gasteiger partial charge in [0.2, 0.25) is 6.79 Å². The lowest BCUT2D eigenvalue weighted by Gasteiger charge is -2.13. The van der Waals surface area contributed by atoms with Crippen molar-refractivity contribution in [2.45, 2.75) is 31.0 Å². The van der Waals surface area contributed by atoms with Crippen molar-refractivity contribution in [3.63, 3.8) is 0 Å². The maximum absolute atomic E-state index is 9.39. The van der Waals surface area contributed by atoms with Crippen molar-refractivity contribution < 1.29 is 14.6 Å². The third kappa shape index (κ3) is 2.62. The highest BCUT2D eigenvalue weighted by Gasteiger charge is 2.14. The summed E-state index contributed by atoms with van der Waals surface area (Å²) < 4.78 is 10.6. The molecule has 0 radical (unpaired) electrons. The van der Waals surface area contributed by atoms with Crippen LogP contribution in [0.4, 0.5) is 0 Å². The number of thioether (sulfide) groups is 1. The normalized spacial score (nSPS) is 17.2. The number of fused-ring (bicyclic) bond motifs is 1. The molecule has 1 aromatic rings. The van der Waals surface area contributed by atoms with Crippen LogP contribution in [0.1, 0.15) is 19.4 Å². The van der Waals surface area contributed by atoms with Gasteiger partial charge in [-0.2, -0.15) is 11.8 Å². The molecule has 1 N–H and O–H groups in total. The molecule has 0 amide bonds. The number of hydrogen-bond acceptors (Lipinski definition) is 4. The number of ether oxygens (including phenoxy) is 2. The first-order valence-electron chi connectivity index (χ1n) is 5.35. The molecule has 88 valence electrons. The van der Waals surface area contributed by atoms with Crippen molar-refractivity contribution in [2.24, 2.45) is 0 Å². The Morgan fingerprint density at radius 3 is 2.81 bits per heavy atom. The molecule has 1 aliphatic rings. The molecule has 2 rings (SSSR count). The zero-order chi connectivity index (χ0) is 11.5. The Bertz CT molecular complexity index is 365. The van der Waals surface area contributed by atoms with E-state index in [9.17, 15) is 5.11 Å². The molecule has 0 aliphatic carbocycles. The smallest absolute Gasteiger partial charge is 0.231 e. The Morgan fingerprint density at radius 2 is 2.06 bits per heavy atom. The van der Waals surface area contributed by atoms with Crippen LogP contribution in [0.2, 0.25) is 0 Å². The molecule has 0 saturated carbocycles. The van der Waals surface area contributed by atoms with Crippen LogP contribution in [0, 0.1) is 0 Å². The number of aliphatic hydroxyl groups excluding tert-OH is 1. The van der Waals surface area contributed by atoms with E-state index in [4.69, 9.17) is 9.47 Å². The third-order valence-corrected chi connectivity index (χ3v) is 4.05. The second-order valence-electron chi connectivity index (χ2n) is 3.94. The van der Waals surface area contributed by atoms with Crippen molar-refractivity contribution in [3.8, 4) is 11.5 Å². The van der Waals surface area contributed by atoms with E-state index >= 15 is 0 Å². The van der Waals surface area contributed by atoms with Crippen LogP contribution in [0.5, 0.6) is 11.5 Å². The summed E-state index contributed by atoms with van der Waals surface area (Å²) in [5, 5.41) is 9.63. The molecule has 2 atom stereocenters. The lowest BCUT2D eigenvalue weighted by Crippen LogP contribution is -2.15. The highest BCUT2D eigenvalue weighted by atomic mass is 32.2. The van der Waals surface area contributed by atoms with E-state index in [1.807, 2.05) is 32.0 Å². The predicted octanol–water partition coefficient (Wildman–Crippen LogP) is 2.42. The van der Waals surface area contributed by atoms with E-state index in [2.05, 4.69) is 0 Å². The van der Waals surface area contributed by atoms with Gasteiger partial charge in [-0.25, -0.2) is 0 Å². The average molecular weight is 240 g/mol. The number of benzene rings is 1. The number of hydrogen-bond donors (Lipinski definition) is 1. The van der Waals surface area contributed by atoms with Crippen LogP contribution in [-0.2, 0) is 5.75 Å². The first-order valence-corrected chi connectivity index (χ1v) is 6.40. The highest BCUT2D eigenvalue weighted by Crippen LogP contribution is 2.34. The molecular weight excluding hydrogens is 224 g/mol. The van der Waals surface area contributed by atoms with Gasteiger partial charge in [0.25, 0.3) is 0 Å². The minimum absolute atomic E-state index is 0.241. The van der Waals surface area contributed by atoms with Gasteiger partial charge in [0.05, 0.1) is 6.10 Å². The molecule has 0 spiro atoms. The largest absolute Gasteiger partial charge is 0.454 e. The van der Waals surface area contributed by atoms with E-state index in [0.29, 0.717) is 6.79 Å². The Kier molecular flexibility index (Phi) is 3.61. The van der Waals surface area contributed by atoms with Gasteiger partial charge in [-0.15, -0.1) is 0 Å². The summed E-state index contributed by atoms with van der Waals surface area (Å²) >= 11 is 1.74. The van der Waals surface area contributed by atoms with E-state index in [1.54, 1.807) is 11.8 Å². The lowest BCUT2D eigenvalue weighted by atomic mass is 10.2. The van der Waals surface area contributed by atoms with E-state index in [0.717, 1.165) is 17.3 Å². The molecule has 4 heteroatoms. The summed E-state index contributed by atoms with van der Waals surface area (Å²) in [6.45, 7) is 4.16. The zero-order valence-corrected chi connectivity index (χ0v) is 10.3. The van der Waals surface area contributed by atoms with Crippen LogP contribution in [0.15, 0.2) is 18.2 Å². The van der Waals surface area contributed by atoms with Gasteiger partial charge in [0.15, 0.2) is 11.5 Å². The molecule has 0 bridgehead atoms. The van der Waals surface area contributed by atoms with Gasteiger partial charge >= 0.3 is 0 Å². The molecule has 0 fully saturated rings. The molecule has 16 heavy (non-hydrogen) atoms. The molecule has 1 heterocycles. The molecule has 1 aromatic carbocycles. The second kappa shape index (κ2) is 4.97. The van der Waals surface area contributed by atoms with Crippen molar-refractivity contribution in [1.29, 1.82) is 0 Å². The van der Waals surface area contributed by atoms with Crippen LogP contribution < -0.4 is 9.47 Å². The summed E-state index contributed by atoms with van der Waals surface area (Å²) in [4.78, 5) is 0. The SMILES string of the molecule is CC(O)C(C)SCc1ccc2c(c1)OCO2. The van der Waals surface area contributed by atoms with Crippen LogP contribution >= 0.6 is 11.8 Å². The van der Waals surface area contributed by atoms with Gasteiger partial charge in [-0.3, -0.25) is 0 Å². The van der Waals surface area contributed by atoms with E-state index in [-0.39, 0.29) is 11.4 Å². The standard InChI is InChI=1S/C12H16O3S/c1-8(13)9(2)16-6-10-3-4-11-12(5-10)15-7-14-11/h3-5,8-9,13H,6-7H2,1-2H3. The minimum atomic E-state index is -0.279. The van der Waals surface area contributed by atoms with Crippen LogP contribution in [-0.4, -0.2) is 23.3 Å². The fourth-order valence-corrected chi connectivity index (χ4v) is 2.31. The van der Waals surface area contributed by atoms with Crippen LogP contribution in [0.3, 0.4) is 0 Å². The summed E-state index contributed by atoms with van der Waals surface area (Å²) in [5.41, 5.74) is 1.20. The summed E-state index contributed by atoms with van der Waals surface area (Å²) in [6, 6.07) is 5.98. The molecule has 3 nitrogen and oxygen atoms in total. The van der Waals surface area contributed by atoms with E-state index in [1.165, 1.54) is 5.56 Å². The topological polar surface area (TPSA) is 38.7 Å². The first-order chi connectivity index (χ1) is 7.66. The molecular formula is C12H16O3S. The monoisotopic (exact) mass is 240 g/mol. The number of rotatable bonds is 4. The first kappa shape index (κ1) is 11.6. The molecule has 1 aliphatic heterocycles. The van der Waals surface area contributed by atoms with Crippen molar-refractivity contribution in [3.05, 3.63) is 23.8 Å². The molecule has 0 saturated heterocycles. The van der Waals surface area contributed by atoms with Crippen molar-refractivity contribution in [2.75, 3.05) is 6.79 Å². The fourth-order valence-electron chi connectivity index (χ4n) is 1.40. The molecule has 2 unspecified atom stereocenters. The average Bonchev–Trinajstić information content (AvgIpc) is 2.72. The third-order valence-electron chi connectivity index (χ3n) is 2.63. The zero-order valence-electron chi connectivity index (χ0n) is 9.47. The Balaban J connectivity index is 1.95. The summed E-state index contributed by atoms with van der Waals surface area (Å²) in [6.07, 6.45) is -0.279. The predicted molar refractivity (Wildman–Crippen MR) is 65.0 cm³/mol. The second-order valence-corrected chi connectivity index (χ2v) is 5.31. The minimum Gasteiger partial charge on any atom is -0.454 e. The van der Waals surface area contributed by atoms with Crippen LogP contribution in [0.25, 0.3) is 0 Å². The summed E-state index contributed by atoms with van der Waals surface area (Å²) in [5.74, 6) is 2.52. The van der Waals surface area contributed by atoms with E-state index < -0.39 is 0 Å². The Hall–Kier alpha value is -0.870. The molecule has 0 aromatic heterocycles. The summed E-state index contributed by atoms with van der Waals surface area (Å²) in [7, 11) is 0. The van der Waals surface area contributed by atoms with Gasteiger partial charge in [-0.1, -0.05) is 13.0 Å².